The number of hydrogen-bond acceptors (Lipinski definition) is 3. The summed E-state index contributed by atoms with van der Waals surface area (Å²) in [6, 6.07) is 5.13. The second-order valence-corrected chi connectivity index (χ2v) is 4.14. The van der Waals surface area contributed by atoms with Crippen molar-refractivity contribution in [1.29, 1.82) is 0 Å². The summed E-state index contributed by atoms with van der Waals surface area (Å²) >= 11 is 8.95. The van der Waals surface area contributed by atoms with Gasteiger partial charge in [-0.15, -0.1) is 0 Å². The van der Waals surface area contributed by atoms with Crippen molar-refractivity contribution in [2.45, 2.75) is 4.83 Å². The molecular weight excluding hydrogens is 281 g/mol. The summed E-state index contributed by atoms with van der Waals surface area (Å²) in [5.41, 5.74) is 0.683. The summed E-state index contributed by atoms with van der Waals surface area (Å²) in [6.07, 6.45) is 2.24. The van der Waals surface area contributed by atoms with E-state index in [1.54, 1.807) is 18.2 Å². The fourth-order valence-electron chi connectivity index (χ4n) is 0.921. The Labute approximate surface area is 101 Å². The molecule has 1 atom stereocenters. The van der Waals surface area contributed by atoms with Crippen LogP contribution >= 0.6 is 27.5 Å². The Morgan fingerprint density at radius 1 is 1.60 bits per heavy atom. The maximum absolute atomic E-state index is 10.3. The molecule has 0 saturated carbocycles. The monoisotopic (exact) mass is 289 g/mol. The molecule has 0 amide bonds. The first-order valence-electron chi connectivity index (χ1n) is 4.14. The number of methoxy groups -OCH3 is 1. The minimum absolute atomic E-state index is 0.376. The van der Waals surface area contributed by atoms with Crippen LogP contribution in [0, 0.1) is 0 Å². The van der Waals surface area contributed by atoms with Crippen LogP contribution in [-0.4, -0.2) is 24.4 Å². The van der Waals surface area contributed by atoms with Gasteiger partial charge in [-0.25, -0.2) is 0 Å². The maximum Gasteiger partial charge on any atom is 0.139 e. The first kappa shape index (κ1) is 12.2. The first-order valence-corrected chi connectivity index (χ1v) is 5.44. The predicted molar refractivity (Wildman–Crippen MR) is 64.9 cm³/mol. The predicted octanol–water partition coefficient (Wildman–Crippen LogP) is 3.01. The van der Waals surface area contributed by atoms with E-state index in [4.69, 9.17) is 16.3 Å². The molecule has 15 heavy (non-hydrogen) atoms. The average Bonchev–Trinajstić information content (AvgIpc) is 2.27. The largest absolute Gasteiger partial charge is 0.495 e. The molecule has 1 aromatic rings. The van der Waals surface area contributed by atoms with Crippen LogP contribution in [0.5, 0.6) is 5.75 Å². The topological polar surface area (TPSA) is 38.7 Å². The van der Waals surface area contributed by atoms with Crippen molar-refractivity contribution in [3.63, 3.8) is 0 Å². The lowest BCUT2D eigenvalue weighted by Gasteiger charge is -2.03. The summed E-state index contributed by atoms with van der Waals surface area (Å²) in [6.45, 7) is 0. The molecule has 0 heterocycles. The summed E-state index contributed by atoms with van der Waals surface area (Å²) < 4.78 is 5.03. The third-order valence-electron chi connectivity index (χ3n) is 1.63. The van der Waals surface area contributed by atoms with Gasteiger partial charge in [0.05, 0.1) is 17.8 Å². The van der Waals surface area contributed by atoms with E-state index < -0.39 is 0 Å². The van der Waals surface area contributed by atoms with Gasteiger partial charge >= 0.3 is 0 Å². The van der Waals surface area contributed by atoms with Crippen LogP contribution in [0.4, 0.5) is 5.69 Å². The SMILES string of the molecule is COc1cc(/N=C/C(Br)C=O)ccc1Cl. The second kappa shape index (κ2) is 5.88. The molecule has 0 aliphatic heterocycles. The number of nitrogens with zero attached hydrogens (tertiary/aromatic N) is 1. The number of aldehydes is 1. The number of rotatable bonds is 4. The van der Waals surface area contributed by atoms with Crippen LogP contribution in [-0.2, 0) is 4.79 Å². The third kappa shape index (κ3) is 3.64. The van der Waals surface area contributed by atoms with Gasteiger partial charge < -0.3 is 9.53 Å². The van der Waals surface area contributed by atoms with Gasteiger partial charge in [-0.3, -0.25) is 4.99 Å². The van der Waals surface area contributed by atoms with E-state index in [1.165, 1.54) is 13.3 Å². The summed E-state index contributed by atoms with van der Waals surface area (Å²) in [5, 5.41) is 0.530. The average molecular weight is 291 g/mol. The lowest BCUT2D eigenvalue weighted by molar-refractivity contribution is -0.106. The number of ether oxygens (including phenoxy) is 1. The van der Waals surface area contributed by atoms with Crippen LogP contribution in [0.15, 0.2) is 23.2 Å². The molecule has 5 heteroatoms. The van der Waals surface area contributed by atoms with Gasteiger partial charge in [-0.2, -0.15) is 0 Å². The van der Waals surface area contributed by atoms with E-state index in [-0.39, 0.29) is 4.83 Å². The van der Waals surface area contributed by atoms with Gasteiger partial charge in [0.1, 0.15) is 16.9 Å². The quantitative estimate of drug-likeness (QED) is 0.486. The number of halogens is 2. The molecular formula is C10H9BrClNO2. The molecule has 0 radical (unpaired) electrons. The lowest BCUT2D eigenvalue weighted by atomic mass is 10.3. The van der Waals surface area contributed by atoms with E-state index in [9.17, 15) is 4.79 Å². The fraction of sp³-hybridized carbons (Fsp3) is 0.200. The Balaban J connectivity index is 2.87. The van der Waals surface area contributed by atoms with Crippen molar-refractivity contribution in [3.05, 3.63) is 23.2 Å². The highest BCUT2D eigenvalue weighted by Crippen LogP contribution is 2.28. The molecule has 1 aromatic carbocycles. The number of aliphatic imine (C=N–C) groups is 1. The van der Waals surface area contributed by atoms with E-state index in [0.29, 0.717) is 16.5 Å². The first-order chi connectivity index (χ1) is 7.17. The van der Waals surface area contributed by atoms with Crippen molar-refractivity contribution < 1.29 is 9.53 Å². The molecule has 1 rings (SSSR count). The van der Waals surface area contributed by atoms with Crippen molar-refractivity contribution in [2.75, 3.05) is 7.11 Å². The van der Waals surface area contributed by atoms with Gasteiger partial charge in [0.2, 0.25) is 0 Å². The lowest BCUT2D eigenvalue weighted by Crippen LogP contribution is -1.98. The number of carbonyl (C=O) groups is 1. The van der Waals surface area contributed by atoms with E-state index in [1.807, 2.05) is 0 Å². The Hall–Kier alpha value is -0.870. The number of hydrogen-bond donors (Lipinski definition) is 0. The van der Waals surface area contributed by atoms with Gasteiger partial charge in [0.25, 0.3) is 0 Å². The highest BCUT2D eigenvalue weighted by atomic mass is 79.9. The molecule has 0 aliphatic rings. The Morgan fingerprint density at radius 3 is 2.93 bits per heavy atom. The van der Waals surface area contributed by atoms with Crippen LogP contribution in [0.2, 0.25) is 5.02 Å². The Kier molecular flexibility index (Phi) is 4.78. The molecule has 0 aromatic heterocycles. The Bertz CT molecular complexity index is 382. The number of alkyl halides is 1. The molecule has 0 bridgehead atoms. The molecule has 3 nitrogen and oxygen atoms in total. The molecule has 0 fully saturated rings. The zero-order valence-electron chi connectivity index (χ0n) is 7.98. The van der Waals surface area contributed by atoms with Crippen molar-refractivity contribution in [2.24, 2.45) is 4.99 Å². The highest BCUT2D eigenvalue weighted by Gasteiger charge is 2.01. The molecule has 0 aliphatic carbocycles. The van der Waals surface area contributed by atoms with E-state index >= 15 is 0 Å². The molecule has 80 valence electrons. The molecule has 0 N–H and O–H groups in total. The van der Waals surface area contributed by atoms with Gasteiger partial charge in [0.15, 0.2) is 0 Å². The standard InChI is InChI=1S/C10H9BrClNO2/c1-15-10-4-8(2-3-9(10)12)13-5-7(11)6-14/h2-7H,1H3/b13-5+. The zero-order valence-corrected chi connectivity index (χ0v) is 10.3. The van der Waals surface area contributed by atoms with Crippen molar-refractivity contribution in [3.8, 4) is 5.75 Å². The van der Waals surface area contributed by atoms with Crippen molar-refractivity contribution in [1.82, 2.24) is 0 Å². The Morgan fingerprint density at radius 2 is 2.33 bits per heavy atom. The highest BCUT2D eigenvalue weighted by molar-refractivity contribution is 9.10. The van der Waals surface area contributed by atoms with Gasteiger partial charge in [-0.05, 0) is 12.1 Å². The summed E-state index contributed by atoms with van der Waals surface area (Å²) in [5.74, 6) is 0.559. The minimum atomic E-state index is -0.376. The normalized spacial score (nSPS) is 12.7. The van der Waals surface area contributed by atoms with Crippen LogP contribution in [0.3, 0.4) is 0 Å². The van der Waals surface area contributed by atoms with Crippen molar-refractivity contribution >= 4 is 45.7 Å². The molecule has 1 unspecified atom stereocenters. The van der Waals surface area contributed by atoms with Crippen LogP contribution in [0.1, 0.15) is 0 Å². The number of carbonyl (C=O) groups excluding carboxylic acids is 1. The van der Waals surface area contributed by atoms with Gasteiger partial charge in [0, 0.05) is 12.3 Å². The van der Waals surface area contributed by atoms with Crippen LogP contribution < -0.4 is 4.74 Å². The number of benzene rings is 1. The molecule has 0 spiro atoms. The molecule has 0 saturated heterocycles. The smallest absolute Gasteiger partial charge is 0.139 e. The maximum atomic E-state index is 10.3. The summed E-state index contributed by atoms with van der Waals surface area (Å²) in [7, 11) is 1.54. The second-order valence-electron chi connectivity index (χ2n) is 2.68. The minimum Gasteiger partial charge on any atom is -0.495 e. The zero-order chi connectivity index (χ0) is 11.3. The van der Waals surface area contributed by atoms with Crippen LogP contribution in [0.25, 0.3) is 0 Å². The van der Waals surface area contributed by atoms with Gasteiger partial charge in [-0.1, -0.05) is 27.5 Å². The van der Waals surface area contributed by atoms with E-state index in [2.05, 4.69) is 20.9 Å². The fourth-order valence-corrected chi connectivity index (χ4v) is 1.23. The third-order valence-corrected chi connectivity index (χ3v) is 2.40. The van der Waals surface area contributed by atoms with E-state index in [0.717, 1.165) is 6.29 Å². The summed E-state index contributed by atoms with van der Waals surface area (Å²) in [4.78, 5) is 14.0.